The Morgan fingerprint density at radius 1 is 1.37 bits per heavy atom. The molecule has 106 valence electrons. The maximum Gasteiger partial charge on any atom is 0.144 e. The van der Waals surface area contributed by atoms with Crippen molar-refractivity contribution in [1.29, 1.82) is 0 Å². The molecule has 1 aromatic rings. The van der Waals surface area contributed by atoms with E-state index in [1.165, 1.54) is 0 Å². The number of hydrogen-bond acceptors (Lipinski definition) is 3. The molecule has 0 aliphatic carbocycles. The van der Waals surface area contributed by atoms with Crippen molar-refractivity contribution in [1.82, 2.24) is 0 Å². The molecule has 5 heteroatoms. The summed E-state index contributed by atoms with van der Waals surface area (Å²) in [6, 6.07) is 7.59. The van der Waals surface area contributed by atoms with Gasteiger partial charge in [0.15, 0.2) is 0 Å². The SMILES string of the molecule is CC(C)(CCCOCc1ccc(Cl)cc1)C(N)=NO. The van der Waals surface area contributed by atoms with Gasteiger partial charge in [-0.05, 0) is 30.5 Å². The van der Waals surface area contributed by atoms with E-state index in [9.17, 15) is 0 Å². The van der Waals surface area contributed by atoms with Gasteiger partial charge in [-0.3, -0.25) is 0 Å². The van der Waals surface area contributed by atoms with Crippen LogP contribution in [0.3, 0.4) is 0 Å². The Morgan fingerprint density at radius 3 is 2.58 bits per heavy atom. The molecule has 1 aromatic carbocycles. The van der Waals surface area contributed by atoms with Gasteiger partial charge in [0.25, 0.3) is 0 Å². The molecule has 0 amide bonds. The summed E-state index contributed by atoms with van der Waals surface area (Å²) < 4.78 is 5.58. The first kappa shape index (κ1) is 15.8. The lowest BCUT2D eigenvalue weighted by atomic mass is 9.87. The zero-order chi connectivity index (χ0) is 14.3. The smallest absolute Gasteiger partial charge is 0.144 e. The average molecular weight is 285 g/mol. The van der Waals surface area contributed by atoms with Crippen molar-refractivity contribution in [3.8, 4) is 0 Å². The highest BCUT2D eigenvalue weighted by Crippen LogP contribution is 2.22. The molecular weight excluding hydrogens is 264 g/mol. The molecule has 0 aliphatic heterocycles. The van der Waals surface area contributed by atoms with Gasteiger partial charge in [0.2, 0.25) is 0 Å². The number of oxime groups is 1. The second kappa shape index (κ2) is 7.36. The van der Waals surface area contributed by atoms with E-state index in [2.05, 4.69) is 5.16 Å². The van der Waals surface area contributed by atoms with E-state index in [0.29, 0.717) is 13.2 Å². The number of rotatable bonds is 7. The number of nitrogens with zero attached hydrogens (tertiary/aromatic N) is 1. The van der Waals surface area contributed by atoms with Crippen LogP contribution in [0.4, 0.5) is 0 Å². The highest BCUT2D eigenvalue weighted by atomic mass is 35.5. The summed E-state index contributed by atoms with van der Waals surface area (Å²) in [5.41, 5.74) is 6.41. The second-order valence-corrected chi connectivity index (χ2v) is 5.59. The van der Waals surface area contributed by atoms with Gasteiger partial charge in [-0.15, -0.1) is 0 Å². The van der Waals surface area contributed by atoms with Crippen molar-refractivity contribution in [2.45, 2.75) is 33.3 Å². The number of nitrogens with two attached hydrogens (primary N) is 1. The normalized spacial score (nSPS) is 12.7. The van der Waals surface area contributed by atoms with Crippen LogP contribution in [0.25, 0.3) is 0 Å². The van der Waals surface area contributed by atoms with Gasteiger partial charge < -0.3 is 15.7 Å². The summed E-state index contributed by atoms with van der Waals surface area (Å²) in [6.45, 7) is 5.11. The van der Waals surface area contributed by atoms with E-state index in [4.69, 9.17) is 27.3 Å². The van der Waals surface area contributed by atoms with Crippen LogP contribution in [0.15, 0.2) is 29.4 Å². The van der Waals surface area contributed by atoms with Gasteiger partial charge in [-0.2, -0.15) is 0 Å². The highest BCUT2D eigenvalue weighted by molar-refractivity contribution is 6.30. The van der Waals surface area contributed by atoms with Gasteiger partial charge in [-0.1, -0.05) is 42.7 Å². The third-order valence-electron chi connectivity index (χ3n) is 3.07. The summed E-state index contributed by atoms with van der Waals surface area (Å²) in [5.74, 6) is 0.255. The molecule has 4 nitrogen and oxygen atoms in total. The molecule has 19 heavy (non-hydrogen) atoms. The summed E-state index contributed by atoms with van der Waals surface area (Å²) in [4.78, 5) is 0. The number of amidine groups is 1. The van der Waals surface area contributed by atoms with Crippen molar-refractivity contribution in [2.24, 2.45) is 16.3 Å². The lowest BCUT2D eigenvalue weighted by Gasteiger charge is -2.22. The Hall–Kier alpha value is -1.26. The van der Waals surface area contributed by atoms with Gasteiger partial charge in [0.1, 0.15) is 5.84 Å². The Morgan fingerprint density at radius 2 is 2.00 bits per heavy atom. The van der Waals surface area contributed by atoms with Crippen LogP contribution in [0, 0.1) is 5.41 Å². The summed E-state index contributed by atoms with van der Waals surface area (Å²) in [7, 11) is 0. The summed E-state index contributed by atoms with van der Waals surface area (Å²) in [6.07, 6.45) is 1.67. The van der Waals surface area contributed by atoms with Gasteiger partial charge in [0, 0.05) is 17.0 Å². The molecule has 0 bridgehead atoms. The topological polar surface area (TPSA) is 67.8 Å². The molecule has 0 spiro atoms. The van der Waals surface area contributed by atoms with Crippen molar-refractivity contribution in [3.05, 3.63) is 34.9 Å². The highest BCUT2D eigenvalue weighted by Gasteiger charge is 2.22. The van der Waals surface area contributed by atoms with Crippen LogP contribution in [-0.4, -0.2) is 17.6 Å². The fourth-order valence-electron chi connectivity index (χ4n) is 1.65. The van der Waals surface area contributed by atoms with Crippen LogP contribution < -0.4 is 5.73 Å². The molecule has 0 aromatic heterocycles. The van der Waals surface area contributed by atoms with Gasteiger partial charge in [-0.25, -0.2) is 0 Å². The minimum atomic E-state index is -0.307. The van der Waals surface area contributed by atoms with E-state index < -0.39 is 0 Å². The first-order valence-electron chi connectivity index (χ1n) is 6.26. The predicted molar refractivity (Wildman–Crippen MR) is 77.5 cm³/mol. The molecule has 3 N–H and O–H groups in total. The lowest BCUT2D eigenvalue weighted by Crippen LogP contribution is -2.32. The van der Waals surface area contributed by atoms with Crippen molar-refractivity contribution in [3.63, 3.8) is 0 Å². The predicted octanol–water partition coefficient (Wildman–Crippen LogP) is 3.41. The van der Waals surface area contributed by atoms with E-state index in [1.54, 1.807) is 0 Å². The molecule has 0 unspecified atom stereocenters. The van der Waals surface area contributed by atoms with Crippen molar-refractivity contribution in [2.75, 3.05) is 6.61 Å². The van der Waals surface area contributed by atoms with E-state index in [0.717, 1.165) is 23.4 Å². The number of ether oxygens (including phenoxy) is 1. The van der Waals surface area contributed by atoms with Gasteiger partial charge >= 0.3 is 0 Å². The Balaban J connectivity index is 2.23. The number of benzene rings is 1. The monoisotopic (exact) mass is 284 g/mol. The third kappa shape index (κ3) is 5.49. The van der Waals surface area contributed by atoms with Crippen LogP contribution >= 0.6 is 11.6 Å². The van der Waals surface area contributed by atoms with E-state index in [-0.39, 0.29) is 11.3 Å². The maximum absolute atomic E-state index is 8.67. The fraction of sp³-hybridized carbons (Fsp3) is 0.500. The van der Waals surface area contributed by atoms with E-state index in [1.807, 2.05) is 38.1 Å². The van der Waals surface area contributed by atoms with Crippen molar-refractivity contribution >= 4 is 17.4 Å². The molecule has 0 saturated carbocycles. The van der Waals surface area contributed by atoms with E-state index >= 15 is 0 Å². The molecule has 1 rings (SSSR count). The Kier molecular flexibility index (Phi) is 6.12. The average Bonchev–Trinajstić information content (AvgIpc) is 2.39. The fourth-order valence-corrected chi connectivity index (χ4v) is 1.78. The zero-order valence-electron chi connectivity index (χ0n) is 11.4. The molecule has 0 fully saturated rings. The first-order chi connectivity index (χ1) is 8.95. The van der Waals surface area contributed by atoms with Crippen LogP contribution in [0.2, 0.25) is 5.02 Å². The molecule has 0 heterocycles. The molecule has 0 saturated heterocycles. The summed E-state index contributed by atoms with van der Waals surface area (Å²) >= 11 is 5.80. The van der Waals surface area contributed by atoms with Crippen LogP contribution in [-0.2, 0) is 11.3 Å². The minimum Gasteiger partial charge on any atom is -0.409 e. The second-order valence-electron chi connectivity index (χ2n) is 5.15. The number of hydrogen-bond donors (Lipinski definition) is 2. The Bertz CT molecular complexity index is 416. The van der Waals surface area contributed by atoms with Crippen LogP contribution in [0.1, 0.15) is 32.3 Å². The quantitative estimate of drug-likeness (QED) is 0.265. The molecule has 0 radical (unpaired) electrons. The lowest BCUT2D eigenvalue weighted by molar-refractivity contribution is 0.112. The number of halogens is 1. The minimum absolute atomic E-state index is 0.255. The van der Waals surface area contributed by atoms with Crippen LogP contribution in [0.5, 0.6) is 0 Å². The third-order valence-corrected chi connectivity index (χ3v) is 3.33. The maximum atomic E-state index is 8.67. The molecule has 0 aliphatic rings. The Labute approximate surface area is 119 Å². The van der Waals surface area contributed by atoms with Crippen molar-refractivity contribution < 1.29 is 9.94 Å². The zero-order valence-corrected chi connectivity index (χ0v) is 12.2. The largest absolute Gasteiger partial charge is 0.409 e. The first-order valence-corrected chi connectivity index (χ1v) is 6.64. The van der Waals surface area contributed by atoms with Gasteiger partial charge in [0.05, 0.1) is 6.61 Å². The molecular formula is C14H21ClN2O2. The summed E-state index contributed by atoms with van der Waals surface area (Å²) in [5, 5.41) is 12.4. The standard InChI is InChI=1S/C14H21ClN2O2/c1-14(2,13(16)17-18)8-3-9-19-10-11-4-6-12(15)7-5-11/h4-7,18H,3,8-10H2,1-2H3,(H2,16,17). The molecule has 0 atom stereocenters.